The molecule has 0 fully saturated rings. The highest BCUT2D eigenvalue weighted by Gasteiger charge is 2.10. The smallest absolute Gasteiger partial charge is 0.126 e. The molecule has 0 saturated heterocycles. The first-order chi connectivity index (χ1) is 8.61. The molecule has 0 heterocycles. The van der Waals surface area contributed by atoms with Gasteiger partial charge in [-0.1, -0.05) is 24.3 Å². The van der Waals surface area contributed by atoms with E-state index < -0.39 is 0 Å². The van der Waals surface area contributed by atoms with Crippen LogP contribution < -0.4 is 10.5 Å². The number of nitrogens with two attached hydrogens (primary N) is 1. The van der Waals surface area contributed by atoms with Crippen molar-refractivity contribution in [3.05, 3.63) is 65.0 Å². The van der Waals surface area contributed by atoms with E-state index in [0.717, 1.165) is 16.9 Å². The highest BCUT2D eigenvalue weighted by atomic mass is 19.1. The third kappa shape index (κ3) is 2.51. The second-order valence-electron chi connectivity index (χ2n) is 4.26. The van der Waals surface area contributed by atoms with Crippen molar-refractivity contribution >= 4 is 0 Å². The predicted octanol–water partition coefficient (Wildman–Crippen LogP) is 3.19. The number of benzene rings is 2. The number of hydrogen-bond acceptors (Lipinski definition) is 2. The molecule has 0 spiro atoms. The van der Waals surface area contributed by atoms with Crippen LogP contribution in [0.2, 0.25) is 0 Å². The molecule has 18 heavy (non-hydrogen) atoms. The lowest BCUT2D eigenvalue weighted by Gasteiger charge is -2.13. The fraction of sp³-hybridized carbons (Fsp3) is 0.200. The van der Waals surface area contributed by atoms with E-state index in [0.29, 0.717) is 5.56 Å². The van der Waals surface area contributed by atoms with Crippen LogP contribution in [0.15, 0.2) is 42.5 Å². The molecule has 0 radical (unpaired) electrons. The maximum Gasteiger partial charge on any atom is 0.126 e. The molecule has 2 aromatic rings. The summed E-state index contributed by atoms with van der Waals surface area (Å²) in [7, 11) is 1.62. The first-order valence-electron chi connectivity index (χ1n) is 5.77. The molecule has 94 valence electrons. The van der Waals surface area contributed by atoms with Gasteiger partial charge in [0.25, 0.3) is 0 Å². The van der Waals surface area contributed by atoms with Crippen molar-refractivity contribution in [1.29, 1.82) is 0 Å². The van der Waals surface area contributed by atoms with Crippen molar-refractivity contribution in [2.45, 2.75) is 13.0 Å². The standard InChI is InChI=1S/C15H16FNO/c1-10-3-4-12(9-14(10)16)15(17)11-5-7-13(18-2)8-6-11/h3-9,15H,17H2,1-2H3. The third-order valence-electron chi connectivity index (χ3n) is 3.03. The Morgan fingerprint density at radius 3 is 2.22 bits per heavy atom. The molecular weight excluding hydrogens is 229 g/mol. The van der Waals surface area contributed by atoms with E-state index in [9.17, 15) is 4.39 Å². The van der Waals surface area contributed by atoms with Crippen molar-refractivity contribution in [3.63, 3.8) is 0 Å². The van der Waals surface area contributed by atoms with Gasteiger partial charge in [0.15, 0.2) is 0 Å². The van der Waals surface area contributed by atoms with E-state index in [2.05, 4.69) is 0 Å². The Morgan fingerprint density at radius 2 is 1.67 bits per heavy atom. The van der Waals surface area contributed by atoms with E-state index in [1.165, 1.54) is 6.07 Å². The van der Waals surface area contributed by atoms with Gasteiger partial charge in [-0.25, -0.2) is 4.39 Å². The van der Waals surface area contributed by atoms with Crippen LogP contribution in [-0.2, 0) is 0 Å². The molecule has 0 aliphatic rings. The fourth-order valence-electron chi connectivity index (χ4n) is 1.81. The Morgan fingerprint density at radius 1 is 1.06 bits per heavy atom. The lowest BCUT2D eigenvalue weighted by atomic mass is 9.98. The van der Waals surface area contributed by atoms with Gasteiger partial charge in [-0.2, -0.15) is 0 Å². The van der Waals surface area contributed by atoms with Crippen LogP contribution in [0, 0.1) is 12.7 Å². The minimum absolute atomic E-state index is 0.225. The van der Waals surface area contributed by atoms with Crippen LogP contribution in [-0.4, -0.2) is 7.11 Å². The monoisotopic (exact) mass is 245 g/mol. The van der Waals surface area contributed by atoms with Crippen LogP contribution in [0.1, 0.15) is 22.7 Å². The Labute approximate surface area is 106 Å². The lowest BCUT2D eigenvalue weighted by molar-refractivity contribution is 0.414. The van der Waals surface area contributed by atoms with Gasteiger partial charge in [-0.3, -0.25) is 0 Å². The van der Waals surface area contributed by atoms with E-state index in [1.807, 2.05) is 30.3 Å². The Kier molecular flexibility index (Phi) is 3.63. The second-order valence-corrected chi connectivity index (χ2v) is 4.26. The molecule has 2 aromatic carbocycles. The average Bonchev–Trinajstić information content (AvgIpc) is 2.41. The maximum atomic E-state index is 13.5. The number of hydrogen-bond donors (Lipinski definition) is 1. The maximum absolute atomic E-state index is 13.5. The van der Waals surface area contributed by atoms with Gasteiger partial charge in [-0.15, -0.1) is 0 Å². The molecular formula is C15H16FNO. The van der Waals surface area contributed by atoms with Gasteiger partial charge in [0.2, 0.25) is 0 Å². The first kappa shape index (κ1) is 12.6. The molecule has 0 saturated carbocycles. The molecule has 0 bridgehead atoms. The van der Waals surface area contributed by atoms with E-state index in [4.69, 9.17) is 10.5 Å². The fourth-order valence-corrected chi connectivity index (χ4v) is 1.81. The lowest BCUT2D eigenvalue weighted by Crippen LogP contribution is -2.12. The van der Waals surface area contributed by atoms with Crippen LogP contribution in [0.4, 0.5) is 4.39 Å². The number of rotatable bonds is 3. The van der Waals surface area contributed by atoms with Crippen molar-refractivity contribution < 1.29 is 9.13 Å². The van der Waals surface area contributed by atoms with Gasteiger partial charge >= 0.3 is 0 Å². The van der Waals surface area contributed by atoms with E-state index >= 15 is 0 Å². The Hall–Kier alpha value is -1.87. The van der Waals surface area contributed by atoms with E-state index in [-0.39, 0.29) is 11.9 Å². The molecule has 2 nitrogen and oxygen atoms in total. The van der Waals surface area contributed by atoms with Crippen molar-refractivity contribution in [2.24, 2.45) is 5.73 Å². The number of aryl methyl sites for hydroxylation is 1. The zero-order valence-corrected chi connectivity index (χ0v) is 10.5. The zero-order valence-electron chi connectivity index (χ0n) is 10.5. The molecule has 0 amide bonds. The second kappa shape index (κ2) is 5.19. The highest BCUT2D eigenvalue weighted by Crippen LogP contribution is 2.23. The molecule has 2 N–H and O–H groups in total. The minimum Gasteiger partial charge on any atom is -0.497 e. The molecule has 0 aliphatic carbocycles. The van der Waals surface area contributed by atoms with Gasteiger partial charge < -0.3 is 10.5 Å². The van der Waals surface area contributed by atoms with Crippen LogP contribution in [0.25, 0.3) is 0 Å². The summed E-state index contributed by atoms with van der Waals surface area (Å²) in [5.74, 6) is 0.553. The summed E-state index contributed by atoms with van der Waals surface area (Å²) in [6, 6.07) is 12.2. The zero-order chi connectivity index (χ0) is 13.1. The summed E-state index contributed by atoms with van der Waals surface area (Å²) >= 11 is 0. The summed E-state index contributed by atoms with van der Waals surface area (Å²) in [5.41, 5.74) is 8.44. The van der Waals surface area contributed by atoms with E-state index in [1.54, 1.807) is 20.1 Å². The van der Waals surface area contributed by atoms with Gasteiger partial charge in [0.1, 0.15) is 11.6 Å². The summed E-state index contributed by atoms with van der Waals surface area (Å²) in [6.07, 6.45) is 0. The van der Waals surface area contributed by atoms with Gasteiger partial charge in [0, 0.05) is 0 Å². The summed E-state index contributed by atoms with van der Waals surface area (Å²) in [4.78, 5) is 0. The number of methoxy groups -OCH3 is 1. The van der Waals surface area contributed by atoms with Crippen LogP contribution >= 0.6 is 0 Å². The third-order valence-corrected chi connectivity index (χ3v) is 3.03. The van der Waals surface area contributed by atoms with Gasteiger partial charge in [-0.05, 0) is 41.8 Å². The van der Waals surface area contributed by atoms with Crippen molar-refractivity contribution in [1.82, 2.24) is 0 Å². The SMILES string of the molecule is COc1ccc(C(N)c2ccc(C)c(F)c2)cc1. The number of halogens is 1. The van der Waals surface area contributed by atoms with Crippen molar-refractivity contribution in [2.75, 3.05) is 7.11 Å². The summed E-state index contributed by atoms with van der Waals surface area (Å²) in [5, 5.41) is 0. The Bertz CT molecular complexity index is 537. The number of ether oxygens (including phenoxy) is 1. The molecule has 1 atom stereocenters. The molecule has 0 aromatic heterocycles. The van der Waals surface area contributed by atoms with Crippen LogP contribution in [0.3, 0.4) is 0 Å². The molecule has 2 rings (SSSR count). The van der Waals surface area contributed by atoms with Crippen molar-refractivity contribution in [3.8, 4) is 5.75 Å². The summed E-state index contributed by atoms with van der Waals surface area (Å²) < 4.78 is 18.6. The van der Waals surface area contributed by atoms with Crippen LogP contribution in [0.5, 0.6) is 5.75 Å². The normalized spacial score (nSPS) is 12.2. The quantitative estimate of drug-likeness (QED) is 0.901. The Balaban J connectivity index is 2.28. The average molecular weight is 245 g/mol. The molecule has 0 aliphatic heterocycles. The largest absolute Gasteiger partial charge is 0.497 e. The minimum atomic E-state index is -0.328. The molecule has 1 unspecified atom stereocenters. The topological polar surface area (TPSA) is 35.2 Å². The highest BCUT2D eigenvalue weighted by molar-refractivity contribution is 5.36. The molecule has 3 heteroatoms. The first-order valence-corrected chi connectivity index (χ1v) is 5.77. The van der Waals surface area contributed by atoms with Gasteiger partial charge in [0.05, 0.1) is 13.2 Å². The summed E-state index contributed by atoms with van der Waals surface area (Å²) in [6.45, 7) is 1.73. The predicted molar refractivity (Wildman–Crippen MR) is 70.2 cm³/mol.